The van der Waals surface area contributed by atoms with Gasteiger partial charge in [0.15, 0.2) is 0 Å². The smallest absolute Gasteiger partial charge is 0.343 e. The van der Waals surface area contributed by atoms with Gasteiger partial charge in [-0.15, -0.1) is 0 Å². The molecule has 316 valence electrons. The van der Waals surface area contributed by atoms with Crippen molar-refractivity contribution >= 4 is 35.2 Å². The van der Waals surface area contributed by atoms with E-state index in [4.69, 9.17) is 9.47 Å². The summed E-state index contributed by atoms with van der Waals surface area (Å²) in [6, 6.07) is 13.7. The summed E-state index contributed by atoms with van der Waals surface area (Å²) in [7, 11) is 0. The first-order valence-corrected chi connectivity index (χ1v) is 18.3. The summed E-state index contributed by atoms with van der Waals surface area (Å²) in [5.41, 5.74) is 7.46. The van der Waals surface area contributed by atoms with Crippen molar-refractivity contribution in [1.82, 2.24) is 0 Å². The zero-order chi connectivity index (χ0) is 44.1. The Bertz CT molecular complexity index is 2090. The van der Waals surface area contributed by atoms with Gasteiger partial charge in [-0.25, -0.2) is 0 Å². The van der Waals surface area contributed by atoms with Crippen LogP contribution in [0.3, 0.4) is 0 Å². The molecular weight excluding hydrogens is 750 g/mol. The Labute approximate surface area is 341 Å². The number of carbonyl (C=O) groups excluding carboxylic acids is 4. The molecule has 58 heavy (non-hydrogen) atoms. The molecular formula is C43H57N3O12. The van der Waals surface area contributed by atoms with Gasteiger partial charge in [-0.2, -0.15) is 0 Å². The van der Waals surface area contributed by atoms with Crippen LogP contribution < -0.4 is 4.74 Å². The Hall–Kier alpha value is -6.25. The van der Waals surface area contributed by atoms with Crippen molar-refractivity contribution in [3.63, 3.8) is 0 Å². The molecule has 0 amide bonds. The van der Waals surface area contributed by atoms with Gasteiger partial charge in [0.05, 0.1) is 17.8 Å². The first kappa shape index (κ1) is 47.9. The highest BCUT2D eigenvalue weighted by Crippen LogP contribution is 2.41. The molecule has 5 rings (SSSR count). The van der Waals surface area contributed by atoms with Crippen molar-refractivity contribution in [3.8, 4) is 11.5 Å². The van der Waals surface area contributed by atoms with E-state index < -0.39 is 15.8 Å². The molecule has 2 heterocycles. The summed E-state index contributed by atoms with van der Waals surface area (Å²) in [5, 5.41) is 30.5. The number of carbonyl (C=O) groups is 4. The van der Waals surface area contributed by atoms with E-state index in [1.807, 2.05) is 46.8 Å². The minimum atomic E-state index is -0.544. The van der Waals surface area contributed by atoms with Crippen molar-refractivity contribution in [2.75, 3.05) is 6.61 Å². The average Bonchev–Trinajstić information content (AvgIpc) is 3.55. The fourth-order valence-electron chi connectivity index (χ4n) is 6.77. The largest absolute Gasteiger partial charge is 0.508 e. The maximum absolute atomic E-state index is 11.4. The number of nitro benzene ring substituents is 1. The van der Waals surface area contributed by atoms with Gasteiger partial charge in [0.2, 0.25) is 0 Å². The summed E-state index contributed by atoms with van der Waals surface area (Å²) in [6.07, 6.45) is 2.43. The number of rotatable bonds is 8. The topological polar surface area (TPSA) is 215 Å². The van der Waals surface area contributed by atoms with Crippen molar-refractivity contribution in [2.45, 2.75) is 113 Å². The summed E-state index contributed by atoms with van der Waals surface area (Å²) in [5.74, 6) is 0.167. The highest BCUT2D eigenvalue weighted by atomic mass is 16.6. The van der Waals surface area contributed by atoms with E-state index >= 15 is 0 Å². The second-order valence-electron chi connectivity index (χ2n) is 15.5. The van der Waals surface area contributed by atoms with Crippen LogP contribution in [0.25, 0.3) is 0 Å². The number of hydrogen-bond acceptors (Lipinski definition) is 13. The number of amidine groups is 1. The molecule has 0 fully saturated rings. The molecule has 0 atom stereocenters. The molecule has 0 saturated heterocycles. The Morgan fingerprint density at radius 3 is 1.93 bits per heavy atom. The number of phenolic OH excluding ortho intramolecular Hbond substituents is 1. The van der Waals surface area contributed by atoms with Crippen molar-refractivity contribution in [2.24, 2.45) is 4.99 Å². The number of Topliss-reactive ketones (excluding diaryl/α,β-unsaturated/α-hetero) is 1. The number of aryl methyl sites for hydroxylation is 4. The van der Waals surface area contributed by atoms with Gasteiger partial charge >= 0.3 is 23.7 Å². The Kier molecular flexibility index (Phi) is 17.2. The molecule has 3 aromatic carbocycles. The number of fused-ring (bicyclic) bond motifs is 1. The summed E-state index contributed by atoms with van der Waals surface area (Å²) in [4.78, 5) is 66.6. The zero-order valence-electron chi connectivity index (χ0n) is 35.0. The van der Waals surface area contributed by atoms with Gasteiger partial charge in [0, 0.05) is 62.8 Å². The molecule has 0 unspecified atom stereocenters. The molecule has 15 nitrogen and oxygen atoms in total. The number of ketones is 1. The van der Waals surface area contributed by atoms with E-state index in [-0.39, 0.29) is 62.6 Å². The Morgan fingerprint density at radius 1 is 0.879 bits per heavy atom. The maximum atomic E-state index is 11.4. The van der Waals surface area contributed by atoms with Gasteiger partial charge in [0.25, 0.3) is 5.69 Å². The van der Waals surface area contributed by atoms with E-state index in [0.29, 0.717) is 24.2 Å². The summed E-state index contributed by atoms with van der Waals surface area (Å²) in [6.45, 7) is 20.6. The first-order chi connectivity index (χ1) is 26.8. The maximum Gasteiger partial charge on any atom is 0.343 e. The van der Waals surface area contributed by atoms with E-state index in [0.717, 1.165) is 33.6 Å². The van der Waals surface area contributed by atoms with Crippen LogP contribution in [-0.2, 0) is 46.1 Å². The van der Waals surface area contributed by atoms with Gasteiger partial charge in [-0.05, 0) is 91.6 Å². The molecule has 0 saturated carbocycles. The average molecular weight is 808 g/mol. The number of non-ortho nitro benzene ring substituents is 1. The predicted octanol–water partition coefficient (Wildman–Crippen LogP) is 8.82. The minimum absolute atomic E-state index is 0. The fraction of sp³-hybridized carbons (Fsp3) is 0.419. The van der Waals surface area contributed by atoms with Gasteiger partial charge < -0.3 is 29.4 Å². The highest BCUT2D eigenvalue weighted by molar-refractivity contribution is 5.80. The third-order valence-corrected chi connectivity index (χ3v) is 8.80. The van der Waals surface area contributed by atoms with Gasteiger partial charge in [0.1, 0.15) is 36.7 Å². The number of benzene rings is 3. The van der Waals surface area contributed by atoms with E-state index in [2.05, 4.69) is 36.6 Å². The monoisotopic (exact) mass is 807 g/mol. The molecule has 3 aromatic rings. The molecule has 15 heteroatoms. The first-order valence-electron chi connectivity index (χ1n) is 18.3. The SMILES string of the molecule is CC(=O)CC(C)(C)c1c(C)cc(C)cc1O.CC(=O)OCC1=CN=C([N+](=O)[O-])C1.CC(=O)OCc1ccc([N+](=O)[O-])cc1.Cc1cc(C)c2c(c1)OC(=O)CC2(C)C.[HH].[HH]. The van der Waals surface area contributed by atoms with Crippen molar-refractivity contribution in [3.05, 3.63) is 119 Å². The molecule has 1 N–H and O–H groups in total. The predicted molar refractivity (Wildman–Crippen MR) is 222 cm³/mol. The second-order valence-corrected chi connectivity index (χ2v) is 15.5. The fourth-order valence-corrected chi connectivity index (χ4v) is 6.77. The number of hydrogen-bond donors (Lipinski definition) is 1. The normalized spacial score (nSPS) is 13.5. The van der Waals surface area contributed by atoms with Crippen molar-refractivity contribution < 1.29 is 51.2 Å². The van der Waals surface area contributed by atoms with Crippen LogP contribution in [0.15, 0.2) is 65.3 Å². The molecule has 0 aromatic heterocycles. The van der Waals surface area contributed by atoms with Crippen LogP contribution in [0.2, 0.25) is 0 Å². The van der Waals surface area contributed by atoms with Gasteiger partial charge in [-0.3, -0.25) is 29.3 Å². The van der Waals surface area contributed by atoms with Crippen LogP contribution in [0, 0.1) is 47.9 Å². The minimum Gasteiger partial charge on any atom is -0.508 e. The van der Waals surface area contributed by atoms with Crippen molar-refractivity contribution in [1.29, 1.82) is 0 Å². The number of esters is 3. The van der Waals surface area contributed by atoms with E-state index in [1.54, 1.807) is 25.1 Å². The second kappa shape index (κ2) is 20.8. The molecule has 2 aliphatic rings. The van der Waals surface area contributed by atoms with Crippen LogP contribution in [0.5, 0.6) is 11.5 Å². The standard InChI is InChI=1S/C14H20O2.C13H16O2.C9H9NO4.C7H8N2O4.2H2/c1-9-6-10(2)13(12(16)7-9)14(4,5)8-11(3)15;1-8-5-9(2)12-10(6-8)15-11(14)7-13(12,3)4;1-7(11)14-6-8-2-4-9(5-3-8)10(12)13;1-5(10)13-4-6-2-7(8-3-6)9(11)12;;/h6-7,16H,8H2,1-5H3;5-6H,7H2,1-4H3;2-5H,6H2,1H3;3H,2,4H2,1H3;2*1H. The number of nitro groups is 2. The number of aromatic hydroxyl groups is 1. The molecule has 2 aliphatic heterocycles. The summed E-state index contributed by atoms with van der Waals surface area (Å²) >= 11 is 0. The van der Waals surface area contributed by atoms with E-state index in [9.17, 15) is 44.5 Å². The molecule has 0 aliphatic carbocycles. The number of aliphatic imine (C=N–C) groups is 1. The number of ether oxygens (including phenoxy) is 3. The highest BCUT2D eigenvalue weighted by Gasteiger charge is 2.35. The van der Waals surface area contributed by atoms with Crippen LogP contribution in [0.1, 0.15) is 110 Å². The van der Waals surface area contributed by atoms with Crippen LogP contribution in [0.4, 0.5) is 5.69 Å². The van der Waals surface area contributed by atoms with Crippen LogP contribution in [-0.4, -0.2) is 51.1 Å². The van der Waals surface area contributed by atoms with Gasteiger partial charge in [-0.1, -0.05) is 44.8 Å². The Balaban J connectivity index is 0.000000767. The third-order valence-electron chi connectivity index (χ3n) is 8.80. The zero-order valence-corrected chi connectivity index (χ0v) is 35.0. The lowest BCUT2D eigenvalue weighted by atomic mass is 9.77. The Morgan fingerprint density at radius 2 is 1.43 bits per heavy atom. The molecule has 0 bridgehead atoms. The lowest BCUT2D eigenvalue weighted by Gasteiger charge is -2.32. The molecule has 0 radical (unpaired) electrons. The van der Waals surface area contributed by atoms with E-state index in [1.165, 1.54) is 43.3 Å². The van der Waals surface area contributed by atoms with Crippen LogP contribution >= 0.6 is 0 Å². The molecule has 0 spiro atoms. The lowest BCUT2D eigenvalue weighted by Crippen LogP contribution is -2.31. The number of nitrogens with zero attached hydrogens (tertiary/aromatic N) is 3. The third kappa shape index (κ3) is 15.0. The lowest BCUT2D eigenvalue weighted by molar-refractivity contribution is -0.384. The summed E-state index contributed by atoms with van der Waals surface area (Å²) < 4.78 is 14.7. The number of phenols is 1. The quantitative estimate of drug-likeness (QED) is 0.0978.